The number of hydrogen-bond acceptors (Lipinski definition) is 5. The lowest BCUT2D eigenvalue weighted by Crippen LogP contribution is -1.94. The first kappa shape index (κ1) is 11.5. The van der Waals surface area contributed by atoms with E-state index in [0.29, 0.717) is 23.2 Å². The van der Waals surface area contributed by atoms with E-state index in [1.165, 1.54) is 0 Å². The molecule has 0 aliphatic rings. The average molecular weight is 255 g/mol. The van der Waals surface area contributed by atoms with Crippen LogP contribution in [0.4, 0.5) is 5.69 Å². The number of hydrogen-bond donors (Lipinski definition) is 1. The predicted molar refractivity (Wildman–Crippen MR) is 71.1 cm³/mol. The molecule has 0 atom stereocenters. The van der Waals surface area contributed by atoms with E-state index in [1.807, 2.05) is 42.9 Å². The van der Waals surface area contributed by atoms with Crippen LogP contribution in [0.5, 0.6) is 0 Å². The Morgan fingerprint density at radius 3 is 2.89 bits per heavy atom. The van der Waals surface area contributed by atoms with Crippen LogP contribution in [0, 0.1) is 6.92 Å². The first-order valence-corrected chi connectivity index (χ1v) is 5.83. The van der Waals surface area contributed by atoms with E-state index in [-0.39, 0.29) is 0 Å². The van der Waals surface area contributed by atoms with Crippen LogP contribution >= 0.6 is 0 Å². The highest BCUT2D eigenvalue weighted by molar-refractivity contribution is 5.67. The van der Waals surface area contributed by atoms with Crippen molar-refractivity contribution in [1.82, 2.24) is 19.7 Å². The first-order valence-electron chi connectivity index (χ1n) is 5.83. The minimum absolute atomic E-state index is 0.447. The molecule has 2 N–H and O–H groups in total. The predicted octanol–water partition coefficient (Wildman–Crippen LogP) is 2.03. The van der Waals surface area contributed by atoms with Gasteiger partial charge in [-0.25, -0.2) is 4.98 Å². The summed E-state index contributed by atoms with van der Waals surface area (Å²) in [4.78, 5) is 8.56. The molecule has 96 valence electrons. The maximum Gasteiger partial charge on any atom is 0.258 e. The summed E-state index contributed by atoms with van der Waals surface area (Å²) in [6, 6.07) is 5.61. The highest BCUT2D eigenvalue weighted by Crippen LogP contribution is 2.27. The Balaban J connectivity index is 2.07. The molecule has 2 heterocycles. The summed E-state index contributed by atoms with van der Waals surface area (Å²) in [5.74, 6) is 1.57. The Labute approximate surface area is 109 Å². The Morgan fingerprint density at radius 2 is 2.16 bits per heavy atom. The smallest absolute Gasteiger partial charge is 0.258 e. The number of nitrogens with zero attached hydrogens (tertiary/aromatic N) is 4. The molecule has 0 saturated heterocycles. The molecule has 0 fully saturated rings. The van der Waals surface area contributed by atoms with Crippen LogP contribution in [0.1, 0.15) is 5.56 Å². The topological polar surface area (TPSA) is 82.8 Å². The molecule has 0 aliphatic carbocycles. The van der Waals surface area contributed by atoms with Crippen molar-refractivity contribution >= 4 is 5.69 Å². The molecule has 0 saturated carbocycles. The molecule has 0 aliphatic heterocycles. The van der Waals surface area contributed by atoms with E-state index in [4.69, 9.17) is 10.3 Å². The number of imidazole rings is 1. The molecule has 3 rings (SSSR count). The molecular weight excluding hydrogens is 242 g/mol. The Morgan fingerprint density at radius 1 is 1.32 bits per heavy atom. The molecular formula is C13H13N5O. The van der Waals surface area contributed by atoms with E-state index in [0.717, 1.165) is 11.1 Å². The summed E-state index contributed by atoms with van der Waals surface area (Å²) in [5, 5.41) is 3.96. The van der Waals surface area contributed by atoms with Gasteiger partial charge in [-0.1, -0.05) is 11.2 Å². The molecule has 0 unspecified atom stereocenters. The van der Waals surface area contributed by atoms with Gasteiger partial charge in [0.1, 0.15) is 0 Å². The van der Waals surface area contributed by atoms with Gasteiger partial charge in [0.2, 0.25) is 5.82 Å². The van der Waals surface area contributed by atoms with Crippen LogP contribution in [0.3, 0.4) is 0 Å². The number of benzene rings is 1. The second-order valence-electron chi connectivity index (χ2n) is 4.30. The van der Waals surface area contributed by atoms with Gasteiger partial charge in [-0.3, -0.25) is 0 Å². The zero-order valence-electron chi connectivity index (χ0n) is 10.7. The highest BCUT2D eigenvalue weighted by atomic mass is 16.5. The molecule has 1 aromatic carbocycles. The van der Waals surface area contributed by atoms with Crippen molar-refractivity contribution < 1.29 is 4.52 Å². The third kappa shape index (κ3) is 1.87. The van der Waals surface area contributed by atoms with Crippen molar-refractivity contribution in [2.24, 2.45) is 7.05 Å². The largest absolute Gasteiger partial charge is 0.398 e. The quantitative estimate of drug-likeness (QED) is 0.708. The van der Waals surface area contributed by atoms with E-state index in [9.17, 15) is 0 Å². The number of rotatable bonds is 2. The SMILES string of the molecule is Cc1c(N)cccc1-c1nc(-c2nccn2C)no1. The van der Waals surface area contributed by atoms with Crippen LogP contribution in [-0.2, 0) is 7.05 Å². The summed E-state index contributed by atoms with van der Waals surface area (Å²) in [6.07, 6.45) is 3.52. The second-order valence-corrected chi connectivity index (χ2v) is 4.30. The summed E-state index contributed by atoms with van der Waals surface area (Å²) in [5.41, 5.74) is 8.35. The highest BCUT2D eigenvalue weighted by Gasteiger charge is 2.15. The summed E-state index contributed by atoms with van der Waals surface area (Å²) >= 11 is 0. The van der Waals surface area contributed by atoms with Crippen molar-refractivity contribution in [2.75, 3.05) is 5.73 Å². The van der Waals surface area contributed by atoms with Crippen LogP contribution in [0.25, 0.3) is 23.1 Å². The first-order chi connectivity index (χ1) is 9.16. The van der Waals surface area contributed by atoms with Gasteiger partial charge in [-0.2, -0.15) is 4.98 Å². The number of nitrogens with two attached hydrogens (primary N) is 1. The summed E-state index contributed by atoms with van der Waals surface area (Å²) in [7, 11) is 1.88. The van der Waals surface area contributed by atoms with Gasteiger partial charge in [0.15, 0.2) is 5.82 Å². The fourth-order valence-electron chi connectivity index (χ4n) is 1.89. The van der Waals surface area contributed by atoms with Gasteiger partial charge in [0.25, 0.3) is 5.89 Å². The van der Waals surface area contributed by atoms with Crippen molar-refractivity contribution in [1.29, 1.82) is 0 Å². The molecule has 3 aromatic rings. The fourth-order valence-corrected chi connectivity index (χ4v) is 1.89. The zero-order valence-corrected chi connectivity index (χ0v) is 10.7. The summed E-state index contributed by atoms with van der Waals surface area (Å²) in [6.45, 7) is 1.93. The Bertz CT molecular complexity index is 728. The standard InChI is InChI=1S/C13H13N5O/c1-8-9(4-3-5-10(8)14)13-16-11(17-19-13)12-15-6-7-18(12)2/h3-7H,14H2,1-2H3. The molecule has 0 amide bonds. The van der Waals surface area contributed by atoms with Gasteiger partial charge in [0.05, 0.1) is 0 Å². The average Bonchev–Trinajstić information content (AvgIpc) is 3.01. The number of anilines is 1. The molecule has 6 nitrogen and oxygen atoms in total. The molecule has 6 heteroatoms. The van der Waals surface area contributed by atoms with E-state index in [2.05, 4.69) is 15.1 Å². The lowest BCUT2D eigenvalue weighted by Gasteiger charge is -2.02. The monoisotopic (exact) mass is 255 g/mol. The molecule has 19 heavy (non-hydrogen) atoms. The normalized spacial score (nSPS) is 10.8. The summed E-state index contributed by atoms with van der Waals surface area (Å²) < 4.78 is 7.13. The number of aromatic nitrogens is 4. The number of nitrogen functional groups attached to an aromatic ring is 1. The molecule has 0 radical (unpaired) electrons. The van der Waals surface area contributed by atoms with Gasteiger partial charge >= 0.3 is 0 Å². The second kappa shape index (κ2) is 4.24. The third-order valence-corrected chi connectivity index (χ3v) is 3.05. The molecule has 0 spiro atoms. The van der Waals surface area contributed by atoms with Gasteiger partial charge in [-0.15, -0.1) is 0 Å². The molecule has 2 aromatic heterocycles. The van der Waals surface area contributed by atoms with Crippen molar-refractivity contribution in [3.8, 4) is 23.1 Å². The van der Waals surface area contributed by atoms with Crippen LogP contribution in [-0.4, -0.2) is 19.7 Å². The maximum absolute atomic E-state index is 5.88. The third-order valence-electron chi connectivity index (χ3n) is 3.05. The van der Waals surface area contributed by atoms with Gasteiger partial charge in [-0.05, 0) is 24.6 Å². The van der Waals surface area contributed by atoms with Crippen LogP contribution in [0.15, 0.2) is 35.1 Å². The van der Waals surface area contributed by atoms with E-state index < -0.39 is 0 Å². The van der Waals surface area contributed by atoms with Crippen LogP contribution in [0.2, 0.25) is 0 Å². The lowest BCUT2D eigenvalue weighted by molar-refractivity contribution is 0.431. The van der Waals surface area contributed by atoms with E-state index in [1.54, 1.807) is 6.20 Å². The van der Waals surface area contributed by atoms with Crippen LogP contribution < -0.4 is 5.73 Å². The van der Waals surface area contributed by atoms with E-state index >= 15 is 0 Å². The van der Waals surface area contributed by atoms with Crippen molar-refractivity contribution in [3.05, 3.63) is 36.2 Å². The van der Waals surface area contributed by atoms with Crippen molar-refractivity contribution in [3.63, 3.8) is 0 Å². The number of aryl methyl sites for hydroxylation is 1. The minimum atomic E-state index is 0.447. The maximum atomic E-state index is 5.88. The lowest BCUT2D eigenvalue weighted by atomic mass is 10.1. The van der Waals surface area contributed by atoms with Crippen molar-refractivity contribution in [2.45, 2.75) is 6.92 Å². The van der Waals surface area contributed by atoms with Gasteiger partial charge < -0.3 is 14.8 Å². The Kier molecular flexibility index (Phi) is 2.56. The fraction of sp³-hybridized carbons (Fsp3) is 0.154. The van der Waals surface area contributed by atoms with Gasteiger partial charge in [0, 0.05) is 30.7 Å². The molecule has 0 bridgehead atoms. The Hall–Kier alpha value is -2.63. The minimum Gasteiger partial charge on any atom is -0.398 e. The zero-order chi connectivity index (χ0) is 13.4.